The van der Waals surface area contributed by atoms with Crippen molar-refractivity contribution in [2.75, 3.05) is 0 Å². The highest BCUT2D eigenvalue weighted by Crippen LogP contribution is 2.23. The van der Waals surface area contributed by atoms with Crippen molar-refractivity contribution in [3.8, 4) is 17.1 Å². The highest BCUT2D eigenvalue weighted by molar-refractivity contribution is 5.51. The zero-order chi connectivity index (χ0) is 11.7. The number of aromatic hydroxyl groups is 1. The van der Waals surface area contributed by atoms with Crippen LogP contribution in [-0.4, -0.2) is 35.1 Å². The Labute approximate surface area is 95.9 Å². The summed E-state index contributed by atoms with van der Waals surface area (Å²) < 4.78 is 3.08. The second-order valence-corrected chi connectivity index (χ2v) is 3.37. The van der Waals surface area contributed by atoms with Crippen molar-refractivity contribution in [2.24, 2.45) is 0 Å². The molecule has 0 radical (unpaired) electrons. The van der Waals surface area contributed by atoms with E-state index >= 15 is 0 Å². The highest BCUT2D eigenvalue weighted by Gasteiger charge is 2.07. The van der Waals surface area contributed by atoms with Crippen molar-refractivity contribution in [1.29, 1.82) is 0 Å². The minimum absolute atomic E-state index is 0.124. The third kappa shape index (κ3) is 1.63. The molecule has 7 nitrogen and oxygen atoms in total. The summed E-state index contributed by atoms with van der Waals surface area (Å²) in [5.41, 5.74) is 1.32. The smallest absolute Gasteiger partial charge is 0.141 e. The van der Waals surface area contributed by atoms with Gasteiger partial charge in [0.2, 0.25) is 0 Å². The number of rotatable bonds is 2. The van der Waals surface area contributed by atoms with E-state index in [0.717, 1.165) is 5.69 Å². The molecule has 0 unspecified atom stereocenters. The topological polar surface area (TPSA) is 81.6 Å². The molecule has 0 aliphatic heterocycles. The molecule has 0 saturated carbocycles. The Balaban J connectivity index is 2.13. The first-order valence-electron chi connectivity index (χ1n) is 4.91. The average Bonchev–Trinajstić information content (AvgIpc) is 3.03. The van der Waals surface area contributed by atoms with E-state index in [1.165, 1.54) is 4.68 Å². The van der Waals surface area contributed by atoms with E-state index in [2.05, 4.69) is 20.6 Å². The number of hydrogen-bond acceptors (Lipinski definition) is 5. The largest absolute Gasteiger partial charge is 0.506 e. The fourth-order valence-corrected chi connectivity index (χ4v) is 1.52. The first kappa shape index (κ1) is 9.52. The van der Waals surface area contributed by atoms with Gasteiger partial charge in [-0.15, -0.1) is 10.2 Å². The zero-order valence-electron chi connectivity index (χ0n) is 8.67. The Morgan fingerprint density at radius 1 is 0.941 bits per heavy atom. The van der Waals surface area contributed by atoms with Crippen LogP contribution in [0.4, 0.5) is 0 Å². The van der Waals surface area contributed by atoms with Gasteiger partial charge < -0.3 is 5.11 Å². The molecule has 7 heteroatoms. The third-order valence-electron chi connectivity index (χ3n) is 2.32. The molecule has 0 amide bonds. The van der Waals surface area contributed by atoms with Crippen LogP contribution < -0.4 is 0 Å². The van der Waals surface area contributed by atoms with E-state index < -0.39 is 0 Å². The monoisotopic (exact) mass is 228 g/mol. The molecule has 1 N–H and O–H groups in total. The van der Waals surface area contributed by atoms with Crippen LogP contribution in [0.1, 0.15) is 0 Å². The van der Waals surface area contributed by atoms with Gasteiger partial charge in [-0.3, -0.25) is 0 Å². The Bertz CT molecular complexity index is 616. The summed E-state index contributed by atoms with van der Waals surface area (Å²) in [5, 5.41) is 24.9. The lowest BCUT2D eigenvalue weighted by Gasteiger charge is -2.06. The van der Waals surface area contributed by atoms with Gasteiger partial charge in [0.25, 0.3) is 0 Å². The SMILES string of the molecule is Oc1ccc(-n2ccnn2)cc1-n1ccnn1. The molecule has 0 aliphatic rings. The van der Waals surface area contributed by atoms with Gasteiger partial charge in [-0.2, -0.15) is 0 Å². The summed E-state index contributed by atoms with van der Waals surface area (Å²) in [4.78, 5) is 0. The van der Waals surface area contributed by atoms with E-state index in [9.17, 15) is 5.11 Å². The van der Waals surface area contributed by atoms with Crippen LogP contribution in [-0.2, 0) is 0 Å². The van der Waals surface area contributed by atoms with Gasteiger partial charge in [0, 0.05) is 0 Å². The van der Waals surface area contributed by atoms with Crippen molar-refractivity contribution < 1.29 is 5.11 Å². The van der Waals surface area contributed by atoms with Crippen LogP contribution in [0.5, 0.6) is 5.75 Å². The normalized spacial score (nSPS) is 10.6. The molecule has 84 valence electrons. The average molecular weight is 228 g/mol. The van der Waals surface area contributed by atoms with E-state index in [4.69, 9.17) is 0 Å². The van der Waals surface area contributed by atoms with Gasteiger partial charge in [-0.05, 0) is 18.2 Å². The molecule has 3 aromatic rings. The molecule has 2 aromatic heterocycles. The second kappa shape index (κ2) is 3.71. The number of hydrogen-bond donors (Lipinski definition) is 1. The molecular weight excluding hydrogens is 220 g/mol. The molecule has 0 saturated heterocycles. The third-order valence-corrected chi connectivity index (χ3v) is 2.32. The minimum atomic E-state index is 0.124. The van der Waals surface area contributed by atoms with E-state index in [1.54, 1.807) is 47.7 Å². The maximum absolute atomic E-state index is 9.77. The Morgan fingerprint density at radius 2 is 1.65 bits per heavy atom. The van der Waals surface area contributed by atoms with Gasteiger partial charge in [-0.25, -0.2) is 9.36 Å². The Kier molecular flexibility index (Phi) is 2.08. The van der Waals surface area contributed by atoms with Crippen molar-refractivity contribution in [1.82, 2.24) is 30.0 Å². The summed E-state index contributed by atoms with van der Waals surface area (Å²) >= 11 is 0. The van der Waals surface area contributed by atoms with Crippen LogP contribution in [0.15, 0.2) is 43.0 Å². The fraction of sp³-hybridized carbons (Fsp3) is 0. The number of aromatic nitrogens is 6. The summed E-state index contributed by atoms with van der Waals surface area (Å²) in [5.74, 6) is 0.124. The maximum atomic E-state index is 9.77. The maximum Gasteiger partial charge on any atom is 0.141 e. The Morgan fingerprint density at radius 3 is 2.29 bits per heavy atom. The van der Waals surface area contributed by atoms with Gasteiger partial charge >= 0.3 is 0 Å². The van der Waals surface area contributed by atoms with Crippen LogP contribution in [0.25, 0.3) is 11.4 Å². The molecule has 17 heavy (non-hydrogen) atoms. The summed E-state index contributed by atoms with van der Waals surface area (Å²) in [6, 6.07) is 5.07. The standard InChI is InChI=1S/C10H8N6O/c17-10-2-1-8(15-5-3-11-13-15)7-9(10)16-6-4-12-14-16/h1-7,17H. The van der Waals surface area contributed by atoms with Gasteiger partial charge in [0.1, 0.15) is 11.4 Å². The molecule has 0 aliphatic carbocycles. The van der Waals surface area contributed by atoms with Crippen molar-refractivity contribution >= 4 is 0 Å². The van der Waals surface area contributed by atoms with Crippen LogP contribution in [0.2, 0.25) is 0 Å². The minimum Gasteiger partial charge on any atom is -0.506 e. The molecule has 2 heterocycles. The molecule has 0 fully saturated rings. The fourth-order valence-electron chi connectivity index (χ4n) is 1.52. The van der Waals surface area contributed by atoms with Crippen LogP contribution >= 0.6 is 0 Å². The van der Waals surface area contributed by atoms with E-state index in [0.29, 0.717) is 5.69 Å². The predicted octanol–water partition coefficient (Wildman–Crippen LogP) is 0.554. The number of nitrogens with zero attached hydrogens (tertiary/aromatic N) is 6. The van der Waals surface area contributed by atoms with Gasteiger partial charge in [-0.1, -0.05) is 10.4 Å². The lowest BCUT2D eigenvalue weighted by molar-refractivity contribution is 0.469. The summed E-state index contributed by atoms with van der Waals surface area (Å²) in [6.45, 7) is 0. The van der Waals surface area contributed by atoms with E-state index in [1.807, 2.05) is 0 Å². The molecule has 0 spiro atoms. The first-order valence-corrected chi connectivity index (χ1v) is 4.91. The highest BCUT2D eigenvalue weighted by atomic mass is 16.3. The summed E-state index contributed by atoms with van der Waals surface area (Å²) in [7, 11) is 0. The Hall–Kier alpha value is -2.70. The molecule has 3 rings (SSSR count). The van der Waals surface area contributed by atoms with E-state index in [-0.39, 0.29) is 5.75 Å². The van der Waals surface area contributed by atoms with Gasteiger partial charge in [0.05, 0.1) is 30.5 Å². The van der Waals surface area contributed by atoms with Crippen LogP contribution in [0, 0.1) is 0 Å². The van der Waals surface area contributed by atoms with Crippen molar-refractivity contribution in [2.45, 2.75) is 0 Å². The number of phenols is 1. The molecular formula is C10H8N6O. The zero-order valence-corrected chi connectivity index (χ0v) is 8.67. The summed E-state index contributed by atoms with van der Waals surface area (Å²) in [6.07, 6.45) is 6.50. The first-order chi connectivity index (χ1) is 8.34. The quantitative estimate of drug-likeness (QED) is 0.692. The van der Waals surface area contributed by atoms with Crippen molar-refractivity contribution in [3.05, 3.63) is 43.0 Å². The molecule has 0 atom stereocenters. The second-order valence-electron chi connectivity index (χ2n) is 3.37. The van der Waals surface area contributed by atoms with Gasteiger partial charge in [0.15, 0.2) is 0 Å². The lowest BCUT2D eigenvalue weighted by atomic mass is 10.2. The molecule has 1 aromatic carbocycles. The number of benzene rings is 1. The van der Waals surface area contributed by atoms with Crippen LogP contribution in [0.3, 0.4) is 0 Å². The lowest BCUT2D eigenvalue weighted by Crippen LogP contribution is -2.00. The number of phenolic OH excluding ortho intramolecular Hbond substituents is 1. The predicted molar refractivity (Wildman–Crippen MR) is 57.9 cm³/mol. The van der Waals surface area contributed by atoms with Crippen molar-refractivity contribution in [3.63, 3.8) is 0 Å². The molecule has 0 bridgehead atoms.